The maximum atomic E-state index is 10.4. The fraction of sp³-hybridized carbons (Fsp3) is 0.684. The molecule has 0 radical (unpaired) electrons. The van der Waals surface area contributed by atoms with Crippen molar-refractivity contribution in [3.05, 3.63) is 28.8 Å². The lowest BCUT2D eigenvalue weighted by Crippen LogP contribution is -2.44. The van der Waals surface area contributed by atoms with E-state index in [1.54, 1.807) is 7.11 Å². The topological polar surface area (TPSA) is 50.7 Å². The molecule has 0 amide bonds. The number of aliphatic hydroxyl groups is 1. The highest BCUT2D eigenvalue weighted by Crippen LogP contribution is 2.31. The SMILES string of the molecule is COc1c(C)cc(C[C@@H](O)OC(C)(C)C2CCNCC2)cc1C. The van der Waals surface area contributed by atoms with Crippen molar-refractivity contribution in [3.63, 3.8) is 0 Å². The lowest BCUT2D eigenvalue weighted by Gasteiger charge is -2.38. The molecule has 1 aromatic carbocycles. The first kappa shape index (κ1) is 18.2. The van der Waals surface area contributed by atoms with E-state index in [1.165, 1.54) is 0 Å². The quantitative estimate of drug-likeness (QED) is 0.791. The van der Waals surface area contributed by atoms with Crippen molar-refractivity contribution in [1.29, 1.82) is 0 Å². The Labute approximate surface area is 140 Å². The van der Waals surface area contributed by atoms with Gasteiger partial charge in [-0.05, 0) is 76.2 Å². The van der Waals surface area contributed by atoms with E-state index in [0.717, 1.165) is 48.4 Å². The van der Waals surface area contributed by atoms with Crippen LogP contribution in [-0.2, 0) is 11.2 Å². The molecule has 1 heterocycles. The highest BCUT2D eigenvalue weighted by Gasteiger charge is 2.33. The molecule has 0 aromatic heterocycles. The summed E-state index contributed by atoms with van der Waals surface area (Å²) in [4.78, 5) is 0. The van der Waals surface area contributed by atoms with Gasteiger partial charge in [-0.15, -0.1) is 0 Å². The Morgan fingerprint density at radius 2 is 1.78 bits per heavy atom. The number of hydrogen-bond acceptors (Lipinski definition) is 4. The van der Waals surface area contributed by atoms with Crippen LogP contribution in [0.25, 0.3) is 0 Å². The zero-order chi connectivity index (χ0) is 17.0. The third-order valence-electron chi connectivity index (χ3n) is 4.90. The molecular weight excluding hydrogens is 290 g/mol. The number of nitrogens with one attached hydrogen (secondary N) is 1. The van der Waals surface area contributed by atoms with E-state index < -0.39 is 6.29 Å². The van der Waals surface area contributed by atoms with Crippen LogP contribution in [0.5, 0.6) is 5.75 Å². The second kappa shape index (κ2) is 7.65. The first-order valence-corrected chi connectivity index (χ1v) is 8.54. The van der Waals surface area contributed by atoms with Gasteiger partial charge < -0.3 is 19.9 Å². The molecule has 1 aromatic rings. The summed E-state index contributed by atoms with van der Waals surface area (Å²) in [6, 6.07) is 4.13. The smallest absolute Gasteiger partial charge is 0.159 e. The van der Waals surface area contributed by atoms with Gasteiger partial charge >= 0.3 is 0 Å². The van der Waals surface area contributed by atoms with E-state index in [0.29, 0.717) is 12.3 Å². The number of piperidine rings is 1. The van der Waals surface area contributed by atoms with Crippen LogP contribution in [0.1, 0.15) is 43.4 Å². The van der Waals surface area contributed by atoms with Crippen LogP contribution >= 0.6 is 0 Å². The van der Waals surface area contributed by atoms with Crippen LogP contribution in [0, 0.1) is 19.8 Å². The molecule has 0 saturated carbocycles. The number of ether oxygens (including phenoxy) is 2. The molecule has 1 aliphatic heterocycles. The van der Waals surface area contributed by atoms with E-state index in [-0.39, 0.29) is 5.60 Å². The minimum Gasteiger partial charge on any atom is -0.496 e. The first-order chi connectivity index (χ1) is 10.8. The summed E-state index contributed by atoms with van der Waals surface area (Å²) in [5.74, 6) is 1.40. The summed E-state index contributed by atoms with van der Waals surface area (Å²) < 4.78 is 11.4. The molecular formula is C19H31NO3. The van der Waals surface area contributed by atoms with Crippen molar-refractivity contribution in [3.8, 4) is 5.75 Å². The van der Waals surface area contributed by atoms with Gasteiger partial charge in [0.15, 0.2) is 6.29 Å². The molecule has 23 heavy (non-hydrogen) atoms. The number of rotatable bonds is 6. The van der Waals surface area contributed by atoms with E-state index >= 15 is 0 Å². The van der Waals surface area contributed by atoms with E-state index in [1.807, 2.05) is 13.8 Å². The second-order valence-electron chi connectivity index (χ2n) is 7.17. The molecule has 4 heteroatoms. The first-order valence-electron chi connectivity index (χ1n) is 8.54. The zero-order valence-corrected chi connectivity index (χ0v) is 15.1. The monoisotopic (exact) mass is 321 g/mol. The fourth-order valence-electron chi connectivity index (χ4n) is 3.69. The molecule has 1 aliphatic rings. The summed E-state index contributed by atoms with van der Waals surface area (Å²) in [5, 5.41) is 13.8. The average Bonchev–Trinajstić information content (AvgIpc) is 2.47. The van der Waals surface area contributed by atoms with Crippen LogP contribution in [0.2, 0.25) is 0 Å². The van der Waals surface area contributed by atoms with Gasteiger partial charge in [0.2, 0.25) is 0 Å². The molecule has 2 rings (SSSR count). The lowest BCUT2D eigenvalue weighted by molar-refractivity contribution is -0.193. The van der Waals surface area contributed by atoms with E-state index in [4.69, 9.17) is 9.47 Å². The Bertz CT molecular complexity index is 498. The van der Waals surface area contributed by atoms with Gasteiger partial charge in [0.1, 0.15) is 5.75 Å². The summed E-state index contributed by atoms with van der Waals surface area (Å²) in [7, 11) is 1.69. The van der Waals surface area contributed by atoms with Crippen LogP contribution in [0.3, 0.4) is 0 Å². The number of benzene rings is 1. The Morgan fingerprint density at radius 3 is 2.30 bits per heavy atom. The average molecular weight is 321 g/mol. The van der Waals surface area contributed by atoms with Gasteiger partial charge in [-0.1, -0.05) is 12.1 Å². The highest BCUT2D eigenvalue weighted by atomic mass is 16.6. The van der Waals surface area contributed by atoms with Gasteiger partial charge in [-0.25, -0.2) is 0 Å². The van der Waals surface area contributed by atoms with Crippen molar-refractivity contribution in [2.75, 3.05) is 20.2 Å². The molecule has 0 spiro atoms. The van der Waals surface area contributed by atoms with Crippen molar-refractivity contribution in [1.82, 2.24) is 5.32 Å². The third-order valence-corrected chi connectivity index (χ3v) is 4.90. The second-order valence-corrected chi connectivity index (χ2v) is 7.17. The van der Waals surface area contributed by atoms with Crippen LogP contribution in [0.4, 0.5) is 0 Å². The third kappa shape index (κ3) is 4.69. The van der Waals surface area contributed by atoms with E-state index in [9.17, 15) is 5.11 Å². The van der Waals surface area contributed by atoms with Crippen LogP contribution in [-0.4, -0.2) is 37.2 Å². The maximum absolute atomic E-state index is 10.4. The minimum atomic E-state index is -0.785. The Hall–Kier alpha value is -1.10. The fourth-order valence-corrected chi connectivity index (χ4v) is 3.69. The largest absolute Gasteiger partial charge is 0.496 e. The highest BCUT2D eigenvalue weighted by molar-refractivity contribution is 5.43. The number of aryl methyl sites for hydroxylation is 2. The predicted octanol–water partition coefficient (Wildman–Crippen LogP) is 2.97. The molecule has 0 bridgehead atoms. The van der Waals surface area contributed by atoms with Gasteiger partial charge in [-0.2, -0.15) is 0 Å². The number of hydrogen-bond donors (Lipinski definition) is 2. The summed E-state index contributed by atoms with van der Waals surface area (Å²) in [6.45, 7) is 10.3. The zero-order valence-electron chi connectivity index (χ0n) is 15.1. The van der Waals surface area contributed by atoms with E-state index in [2.05, 4.69) is 31.3 Å². The van der Waals surface area contributed by atoms with Gasteiger partial charge in [-0.3, -0.25) is 0 Å². The Kier molecular flexibility index (Phi) is 6.06. The molecule has 0 unspecified atom stereocenters. The van der Waals surface area contributed by atoms with Crippen molar-refractivity contribution in [2.45, 2.75) is 58.8 Å². The Balaban J connectivity index is 2.00. The summed E-state index contributed by atoms with van der Waals surface area (Å²) in [6.07, 6.45) is 1.91. The molecule has 1 fully saturated rings. The van der Waals surface area contributed by atoms with Crippen LogP contribution < -0.4 is 10.1 Å². The van der Waals surface area contributed by atoms with Gasteiger partial charge in [0, 0.05) is 6.42 Å². The summed E-state index contributed by atoms with van der Waals surface area (Å²) in [5.41, 5.74) is 2.95. The molecule has 4 nitrogen and oxygen atoms in total. The van der Waals surface area contributed by atoms with Gasteiger partial charge in [0.25, 0.3) is 0 Å². The van der Waals surface area contributed by atoms with Crippen LogP contribution in [0.15, 0.2) is 12.1 Å². The van der Waals surface area contributed by atoms with Crippen molar-refractivity contribution < 1.29 is 14.6 Å². The molecule has 130 valence electrons. The normalized spacial score (nSPS) is 18.0. The summed E-state index contributed by atoms with van der Waals surface area (Å²) >= 11 is 0. The lowest BCUT2D eigenvalue weighted by atomic mass is 9.83. The van der Waals surface area contributed by atoms with Gasteiger partial charge in [0.05, 0.1) is 12.7 Å². The number of aliphatic hydroxyl groups excluding tert-OH is 1. The molecule has 1 saturated heterocycles. The molecule has 0 aliphatic carbocycles. The Morgan fingerprint density at radius 1 is 1.22 bits per heavy atom. The maximum Gasteiger partial charge on any atom is 0.159 e. The predicted molar refractivity (Wildman–Crippen MR) is 92.9 cm³/mol. The minimum absolute atomic E-state index is 0.307. The molecule has 2 N–H and O–H groups in total. The number of methoxy groups -OCH3 is 1. The van der Waals surface area contributed by atoms with Crippen molar-refractivity contribution in [2.24, 2.45) is 5.92 Å². The van der Waals surface area contributed by atoms with Crippen molar-refractivity contribution >= 4 is 0 Å². The molecule has 1 atom stereocenters. The standard InChI is InChI=1S/C19H31NO3/c1-13-10-15(11-14(2)18(13)22-5)12-17(21)23-19(3,4)16-6-8-20-9-7-16/h10-11,16-17,20-21H,6-9,12H2,1-5H3/t17-/m0/s1.